The summed E-state index contributed by atoms with van der Waals surface area (Å²) in [7, 11) is 0. The Kier molecular flexibility index (Phi) is 7.32. The first-order valence-electron chi connectivity index (χ1n) is 8.85. The molecule has 0 saturated heterocycles. The molecule has 29 heavy (non-hydrogen) atoms. The van der Waals surface area contributed by atoms with Crippen LogP contribution in [0.2, 0.25) is 0 Å². The van der Waals surface area contributed by atoms with Crippen molar-refractivity contribution in [1.29, 1.82) is 0 Å². The number of carboxylic acid groups (broad SMARTS) is 1. The molecular weight excluding hydrogens is 380 g/mol. The fourth-order valence-electron chi connectivity index (χ4n) is 2.22. The third-order valence-corrected chi connectivity index (χ3v) is 3.42. The Balaban J connectivity index is 1.84. The molecule has 0 aliphatic heterocycles. The van der Waals surface area contributed by atoms with Crippen molar-refractivity contribution in [3.8, 4) is 11.5 Å². The molecule has 10 heteroatoms. The van der Waals surface area contributed by atoms with Gasteiger partial charge in [-0.05, 0) is 44.5 Å². The van der Waals surface area contributed by atoms with Gasteiger partial charge in [0.2, 0.25) is 5.95 Å². The van der Waals surface area contributed by atoms with Crippen LogP contribution in [0.25, 0.3) is 0 Å². The Morgan fingerprint density at radius 2 is 1.79 bits per heavy atom. The van der Waals surface area contributed by atoms with Crippen molar-refractivity contribution in [2.75, 3.05) is 18.4 Å². The number of alkyl carbamates (subject to hydrolysis) is 1. The minimum Gasteiger partial charge on any atom is -0.478 e. The standard InChI is InChI=1S/C19H24N4O6/c1-19(2,3)29-18(27)21-7-6-20-17-22-9-14(10-23-17)28-13-4-5-15(16(25)26)12(8-13)11-24/h4-5,8-10,24H,6-7,11H2,1-3H3,(H,21,27)(H,25,26)(H,20,22,23). The Morgan fingerprint density at radius 3 is 2.38 bits per heavy atom. The number of hydrogen-bond acceptors (Lipinski definition) is 8. The smallest absolute Gasteiger partial charge is 0.407 e. The normalized spacial score (nSPS) is 10.9. The first-order valence-corrected chi connectivity index (χ1v) is 8.85. The summed E-state index contributed by atoms with van der Waals surface area (Å²) >= 11 is 0. The van der Waals surface area contributed by atoms with E-state index in [4.69, 9.17) is 14.6 Å². The lowest BCUT2D eigenvalue weighted by molar-refractivity contribution is 0.0529. The SMILES string of the molecule is CC(C)(C)OC(=O)NCCNc1ncc(Oc2ccc(C(=O)O)c(CO)c2)cn1. The number of carbonyl (C=O) groups excluding carboxylic acids is 1. The third-order valence-electron chi connectivity index (χ3n) is 3.42. The first-order chi connectivity index (χ1) is 13.7. The molecule has 1 aromatic heterocycles. The molecule has 10 nitrogen and oxygen atoms in total. The van der Waals surface area contributed by atoms with Crippen LogP contribution in [0.15, 0.2) is 30.6 Å². The van der Waals surface area contributed by atoms with Crippen LogP contribution in [-0.2, 0) is 11.3 Å². The van der Waals surface area contributed by atoms with Crippen molar-refractivity contribution in [1.82, 2.24) is 15.3 Å². The molecule has 1 amide bonds. The molecule has 0 unspecified atom stereocenters. The van der Waals surface area contributed by atoms with E-state index in [1.165, 1.54) is 30.6 Å². The Bertz CT molecular complexity index is 849. The predicted molar refractivity (Wildman–Crippen MR) is 104 cm³/mol. The van der Waals surface area contributed by atoms with E-state index in [9.17, 15) is 14.7 Å². The van der Waals surface area contributed by atoms with Crippen LogP contribution in [0.3, 0.4) is 0 Å². The summed E-state index contributed by atoms with van der Waals surface area (Å²) in [5, 5.41) is 23.9. The average Bonchev–Trinajstić information content (AvgIpc) is 2.64. The second-order valence-corrected chi connectivity index (χ2v) is 6.98. The zero-order valence-corrected chi connectivity index (χ0v) is 16.4. The van der Waals surface area contributed by atoms with Crippen molar-refractivity contribution < 1.29 is 29.3 Å². The summed E-state index contributed by atoms with van der Waals surface area (Å²) in [5.74, 6) is -0.0829. The maximum Gasteiger partial charge on any atom is 0.407 e. The largest absolute Gasteiger partial charge is 0.478 e. The lowest BCUT2D eigenvalue weighted by Crippen LogP contribution is -2.35. The molecule has 156 valence electrons. The molecule has 0 aliphatic carbocycles. The Hall–Kier alpha value is -3.40. The number of aliphatic hydroxyl groups is 1. The summed E-state index contributed by atoms with van der Waals surface area (Å²) < 4.78 is 10.7. The van der Waals surface area contributed by atoms with E-state index in [1.807, 2.05) is 0 Å². The number of amides is 1. The van der Waals surface area contributed by atoms with E-state index >= 15 is 0 Å². The van der Waals surface area contributed by atoms with Crippen molar-refractivity contribution in [3.05, 3.63) is 41.7 Å². The highest BCUT2D eigenvalue weighted by atomic mass is 16.6. The van der Waals surface area contributed by atoms with Crippen LogP contribution >= 0.6 is 0 Å². The number of aromatic carboxylic acids is 1. The quantitative estimate of drug-likeness (QED) is 0.488. The summed E-state index contributed by atoms with van der Waals surface area (Å²) in [6, 6.07) is 4.28. The number of benzene rings is 1. The number of aliphatic hydroxyl groups excluding tert-OH is 1. The van der Waals surface area contributed by atoms with Crippen LogP contribution in [-0.4, -0.2) is 50.9 Å². The van der Waals surface area contributed by atoms with Crippen LogP contribution < -0.4 is 15.4 Å². The Labute approximate surface area is 167 Å². The first kappa shape index (κ1) is 21.9. The van der Waals surface area contributed by atoms with Gasteiger partial charge in [-0.2, -0.15) is 0 Å². The maximum atomic E-state index is 11.5. The van der Waals surface area contributed by atoms with E-state index in [-0.39, 0.29) is 11.1 Å². The molecule has 0 spiro atoms. The fourth-order valence-corrected chi connectivity index (χ4v) is 2.22. The number of rotatable bonds is 8. The summed E-state index contributed by atoms with van der Waals surface area (Å²) in [6.45, 7) is 5.66. The number of nitrogens with one attached hydrogen (secondary N) is 2. The lowest BCUT2D eigenvalue weighted by Gasteiger charge is -2.19. The highest BCUT2D eigenvalue weighted by Gasteiger charge is 2.15. The molecule has 2 rings (SSSR count). The van der Waals surface area contributed by atoms with Crippen molar-refractivity contribution >= 4 is 18.0 Å². The van der Waals surface area contributed by atoms with Gasteiger partial charge in [-0.1, -0.05) is 0 Å². The van der Waals surface area contributed by atoms with Gasteiger partial charge in [0.25, 0.3) is 0 Å². The van der Waals surface area contributed by atoms with E-state index in [2.05, 4.69) is 20.6 Å². The molecule has 0 radical (unpaired) electrons. The highest BCUT2D eigenvalue weighted by molar-refractivity contribution is 5.89. The van der Waals surface area contributed by atoms with Gasteiger partial charge in [-0.25, -0.2) is 19.6 Å². The zero-order chi connectivity index (χ0) is 21.4. The molecule has 4 N–H and O–H groups in total. The van der Waals surface area contributed by atoms with Crippen LogP contribution in [0.1, 0.15) is 36.7 Å². The Morgan fingerprint density at radius 1 is 1.10 bits per heavy atom. The summed E-state index contributed by atoms with van der Waals surface area (Å²) in [6.07, 6.45) is 2.39. The van der Waals surface area contributed by atoms with Gasteiger partial charge in [-0.3, -0.25) is 0 Å². The number of carboxylic acids is 1. The van der Waals surface area contributed by atoms with Crippen LogP contribution in [0, 0.1) is 0 Å². The van der Waals surface area contributed by atoms with E-state index < -0.39 is 24.3 Å². The van der Waals surface area contributed by atoms with Crippen molar-refractivity contribution in [3.63, 3.8) is 0 Å². The molecular formula is C19H24N4O6. The fraction of sp³-hybridized carbons (Fsp3) is 0.368. The number of ether oxygens (including phenoxy) is 2. The average molecular weight is 404 g/mol. The second-order valence-electron chi connectivity index (χ2n) is 6.98. The zero-order valence-electron chi connectivity index (χ0n) is 16.4. The minimum absolute atomic E-state index is 0.00985. The van der Waals surface area contributed by atoms with E-state index in [0.29, 0.717) is 30.5 Å². The monoisotopic (exact) mass is 404 g/mol. The number of nitrogens with zero attached hydrogens (tertiary/aromatic N) is 2. The third kappa shape index (κ3) is 7.26. The predicted octanol–water partition coefficient (Wildman–Crippen LogP) is 2.40. The number of aromatic nitrogens is 2. The maximum absolute atomic E-state index is 11.5. The molecule has 0 bridgehead atoms. The number of anilines is 1. The molecule has 0 fully saturated rings. The van der Waals surface area contributed by atoms with E-state index in [0.717, 1.165) is 0 Å². The molecule has 0 saturated carbocycles. The van der Waals surface area contributed by atoms with Crippen molar-refractivity contribution in [2.24, 2.45) is 0 Å². The van der Waals surface area contributed by atoms with Crippen LogP contribution in [0.5, 0.6) is 11.5 Å². The second kappa shape index (κ2) is 9.69. The molecule has 1 heterocycles. The van der Waals surface area contributed by atoms with Crippen LogP contribution in [0.4, 0.5) is 10.7 Å². The highest BCUT2D eigenvalue weighted by Crippen LogP contribution is 2.23. The molecule has 1 aromatic carbocycles. The minimum atomic E-state index is -1.12. The van der Waals surface area contributed by atoms with E-state index in [1.54, 1.807) is 20.8 Å². The molecule has 2 aromatic rings. The van der Waals surface area contributed by atoms with Gasteiger partial charge in [0.15, 0.2) is 5.75 Å². The molecule has 0 aliphatic rings. The number of hydrogen-bond donors (Lipinski definition) is 4. The van der Waals surface area contributed by atoms with Gasteiger partial charge in [0.05, 0.1) is 24.6 Å². The van der Waals surface area contributed by atoms with Gasteiger partial charge in [-0.15, -0.1) is 0 Å². The van der Waals surface area contributed by atoms with Gasteiger partial charge in [0.1, 0.15) is 11.4 Å². The number of carbonyl (C=O) groups is 2. The molecule has 0 atom stereocenters. The summed E-state index contributed by atoms with van der Waals surface area (Å²) in [4.78, 5) is 30.8. The van der Waals surface area contributed by atoms with Gasteiger partial charge >= 0.3 is 12.1 Å². The van der Waals surface area contributed by atoms with Gasteiger partial charge in [0, 0.05) is 13.1 Å². The van der Waals surface area contributed by atoms with Gasteiger partial charge < -0.3 is 30.3 Å². The topological polar surface area (TPSA) is 143 Å². The van der Waals surface area contributed by atoms with Crippen molar-refractivity contribution in [2.45, 2.75) is 33.0 Å². The summed E-state index contributed by atoms with van der Waals surface area (Å²) in [5.41, 5.74) is -0.301. The lowest BCUT2D eigenvalue weighted by atomic mass is 10.1.